The van der Waals surface area contributed by atoms with Crippen LogP contribution in [-0.2, 0) is 12.4 Å². The van der Waals surface area contributed by atoms with E-state index in [1.807, 2.05) is 5.32 Å². The molecule has 1 aromatic heterocycles. The summed E-state index contributed by atoms with van der Waals surface area (Å²) in [6, 6.07) is 3.23. The van der Waals surface area contributed by atoms with E-state index in [9.17, 15) is 41.3 Å². The minimum absolute atomic E-state index is 0.0639. The van der Waals surface area contributed by atoms with E-state index in [4.69, 9.17) is 0 Å². The van der Waals surface area contributed by atoms with Crippen LogP contribution in [0.2, 0.25) is 0 Å². The molecule has 0 atom stereocenters. The van der Waals surface area contributed by atoms with E-state index in [-0.39, 0.29) is 16.9 Å². The van der Waals surface area contributed by atoms with Gasteiger partial charge in [0, 0.05) is 17.8 Å². The minimum Gasteiger partial charge on any atom is -0.308 e. The topological polar surface area (TPSA) is 97.2 Å². The second-order valence-electron chi connectivity index (χ2n) is 5.80. The monoisotopic (exact) mass is 450 g/mol. The van der Waals surface area contributed by atoms with Crippen molar-refractivity contribution in [1.82, 2.24) is 4.98 Å². The van der Waals surface area contributed by atoms with E-state index in [0.29, 0.717) is 22.3 Å². The third-order valence-corrected chi connectivity index (χ3v) is 4.58. The van der Waals surface area contributed by atoms with Gasteiger partial charge in [0.15, 0.2) is 5.13 Å². The highest BCUT2D eigenvalue weighted by atomic mass is 32.1. The maximum Gasteiger partial charge on any atom is 0.416 e. The molecule has 3 aromatic rings. The summed E-state index contributed by atoms with van der Waals surface area (Å²) in [6.07, 6.45) is -10.1. The van der Waals surface area contributed by atoms with Gasteiger partial charge < -0.3 is 5.32 Å². The Bertz CT molecular complexity index is 1110. The van der Waals surface area contributed by atoms with Crippen LogP contribution in [0, 0.1) is 10.1 Å². The molecule has 2 amide bonds. The highest BCUT2D eigenvalue weighted by molar-refractivity contribution is 7.22. The molecular formula is C16H8F6N4O3S. The van der Waals surface area contributed by atoms with Crippen LogP contribution in [0.3, 0.4) is 0 Å². The zero-order chi connectivity index (χ0) is 22.3. The number of nitro groups is 1. The molecule has 2 N–H and O–H groups in total. The number of aromatic nitrogens is 1. The van der Waals surface area contributed by atoms with Crippen molar-refractivity contribution in [3.63, 3.8) is 0 Å². The predicted octanol–water partition coefficient (Wildman–Crippen LogP) is 5.89. The molecule has 7 nitrogen and oxygen atoms in total. The molecule has 0 aliphatic rings. The average molecular weight is 450 g/mol. The summed E-state index contributed by atoms with van der Waals surface area (Å²) in [4.78, 5) is 26.1. The number of fused-ring (bicyclic) bond motifs is 1. The first-order valence-electron chi connectivity index (χ1n) is 7.75. The molecule has 0 aliphatic heterocycles. The SMILES string of the molecule is O=C(Nc1cc(C(F)(F)F)cc(C(F)(F)F)c1)Nc1nc2ccc([N+](=O)[O-])cc2s1. The number of nitrogens with one attached hydrogen (secondary N) is 2. The molecule has 158 valence electrons. The Morgan fingerprint density at radius 1 is 0.967 bits per heavy atom. The van der Waals surface area contributed by atoms with E-state index >= 15 is 0 Å². The number of nitro benzene ring substituents is 1. The van der Waals surface area contributed by atoms with Gasteiger partial charge in [-0.15, -0.1) is 0 Å². The maximum absolute atomic E-state index is 12.9. The van der Waals surface area contributed by atoms with Crippen LogP contribution in [0.4, 0.5) is 47.6 Å². The molecule has 14 heteroatoms. The summed E-state index contributed by atoms with van der Waals surface area (Å²) in [7, 11) is 0. The lowest BCUT2D eigenvalue weighted by Crippen LogP contribution is -2.20. The smallest absolute Gasteiger partial charge is 0.308 e. The molecule has 0 aliphatic carbocycles. The van der Waals surface area contributed by atoms with Gasteiger partial charge in [-0.1, -0.05) is 11.3 Å². The lowest BCUT2D eigenvalue weighted by Gasteiger charge is -2.14. The van der Waals surface area contributed by atoms with Crippen molar-refractivity contribution in [2.75, 3.05) is 10.6 Å². The second kappa shape index (κ2) is 7.44. The summed E-state index contributed by atoms with van der Waals surface area (Å²) in [5.74, 6) is 0. The number of carbonyl (C=O) groups is 1. The summed E-state index contributed by atoms with van der Waals surface area (Å²) in [5, 5.41) is 14.8. The first-order valence-corrected chi connectivity index (χ1v) is 8.57. The quantitative estimate of drug-likeness (QED) is 0.296. The molecule has 0 saturated heterocycles. The van der Waals surface area contributed by atoms with Gasteiger partial charge in [-0.05, 0) is 24.3 Å². The summed E-state index contributed by atoms with van der Waals surface area (Å²) < 4.78 is 77.6. The summed E-state index contributed by atoms with van der Waals surface area (Å²) >= 11 is 0.835. The first-order chi connectivity index (χ1) is 13.8. The number of amides is 2. The lowest BCUT2D eigenvalue weighted by molar-refractivity contribution is -0.384. The number of hydrogen-bond donors (Lipinski definition) is 2. The van der Waals surface area contributed by atoms with Crippen LogP contribution < -0.4 is 10.6 Å². The Morgan fingerprint density at radius 3 is 2.10 bits per heavy atom. The maximum atomic E-state index is 12.9. The Labute approximate surface area is 166 Å². The molecule has 3 rings (SSSR count). The molecule has 0 radical (unpaired) electrons. The molecule has 0 bridgehead atoms. The number of nitrogens with zero attached hydrogens (tertiary/aromatic N) is 2. The summed E-state index contributed by atoms with van der Waals surface area (Å²) in [5.41, 5.74) is -3.81. The summed E-state index contributed by atoms with van der Waals surface area (Å²) in [6.45, 7) is 0. The third kappa shape index (κ3) is 4.76. The third-order valence-electron chi connectivity index (χ3n) is 3.65. The van der Waals surface area contributed by atoms with Crippen molar-refractivity contribution in [2.45, 2.75) is 12.4 Å². The number of urea groups is 1. The van der Waals surface area contributed by atoms with Gasteiger partial charge in [0.1, 0.15) is 0 Å². The number of rotatable bonds is 3. The highest BCUT2D eigenvalue weighted by Crippen LogP contribution is 2.37. The fraction of sp³-hybridized carbons (Fsp3) is 0.125. The number of anilines is 2. The molecular weight excluding hydrogens is 442 g/mol. The predicted molar refractivity (Wildman–Crippen MR) is 95.4 cm³/mol. The zero-order valence-electron chi connectivity index (χ0n) is 14.3. The molecule has 0 unspecified atom stereocenters. The van der Waals surface area contributed by atoms with E-state index in [2.05, 4.69) is 10.3 Å². The molecule has 0 saturated carbocycles. The number of benzene rings is 2. The molecule has 0 fully saturated rings. The van der Waals surface area contributed by atoms with Gasteiger partial charge in [-0.2, -0.15) is 26.3 Å². The van der Waals surface area contributed by atoms with Crippen molar-refractivity contribution in [3.8, 4) is 0 Å². The van der Waals surface area contributed by atoms with Gasteiger partial charge in [-0.3, -0.25) is 15.4 Å². The Hall–Kier alpha value is -3.42. The lowest BCUT2D eigenvalue weighted by atomic mass is 10.1. The molecule has 1 heterocycles. The molecule has 0 spiro atoms. The number of halogens is 6. The van der Waals surface area contributed by atoms with E-state index in [1.165, 1.54) is 18.2 Å². The second-order valence-corrected chi connectivity index (χ2v) is 6.83. The zero-order valence-corrected chi connectivity index (χ0v) is 15.1. The van der Waals surface area contributed by atoms with Crippen LogP contribution in [0.15, 0.2) is 36.4 Å². The van der Waals surface area contributed by atoms with Crippen LogP contribution in [-0.4, -0.2) is 15.9 Å². The van der Waals surface area contributed by atoms with E-state index in [0.717, 1.165) is 11.3 Å². The van der Waals surface area contributed by atoms with Gasteiger partial charge in [0.25, 0.3) is 5.69 Å². The van der Waals surface area contributed by atoms with Gasteiger partial charge in [0.2, 0.25) is 0 Å². The fourth-order valence-electron chi connectivity index (χ4n) is 2.37. The van der Waals surface area contributed by atoms with Gasteiger partial charge in [-0.25, -0.2) is 9.78 Å². The number of thiazole rings is 1. The van der Waals surface area contributed by atoms with Crippen molar-refractivity contribution < 1.29 is 36.1 Å². The molecule has 2 aromatic carbocycles. The number of carbonyl (C=O) groups excluding carboxylic acids is 1. The van der Waals surface area contributed by atoms with Crippen molar-refractivity contribution in [1.29, 1.82) is 0 Å². The van der Waals surface area contributed by atoms with Crippen molar-refractivity contribution in [3.05, 3.63) is 57.6 Å². The molecule has 30 heavy (non-hydrogen) atoms. The number of non-ortho nitro benzene ring substituents is 1. The first kappa shape index (κ1) is 21.3. The Kier molecular flexibility index (Phi) is 5.28. The highest BCUT2D eigenvalue weighted by Gasteiger charge is 2.37. The Morgan fingerprint density at radius 2 is 1.57 bits per heavy atom. The number of hydrogen-bond acceptors (Lipinski definition) is 5. The fourth-order valence-corrected chi connectivity index (χ4v) is 3.26. The van der Waals surface area contributed by atoms with Gasteiger partial charge in [0.05, 0.1) is 26.3 Å². The van der Waals surface area contributed by atoms with Crippen LogP contribution in [0.1, 0.15) is 11.1 Å². The van der Waals surface area contributed by atoms with Gasteiger partial charge >= 0.3 is 18.4 Å². The largest absolute Gasteiger partial charge is 0.416 e. The standard InChI is InChI=1S/C16H8F6N4O3S/c17-15(18,19)7-3-8(16(20,21)22)5-9(4-7)23-13(27)25-14-24-11-2-1-10(26(28)29)6-12(11)30-14/h1-6H,(H2,23,24,25,27). The number of alkyl halides is 6. The van der Waals surface area contributed by atoms with Crippen molar-refractivity contribution in [2.24, 2.45) is 0 Å². The van der Waals surface area contributed by atoms with E-state index < -0.39 is 40.1 Å². The van der Waals surface area contributed by atoms with Crippen molar-refractivity contribution >= 4 is 44.1 Å². The Balaban J connectivity index is 1.83. The minimum atomic E-state index is -5.06. The van der Waals surface area contributed by atoms with Crippen LogP contribution in [0.5, 0.6) is 0 Å². The average Bonchev–Trinajstić information content (AvgIpc) is 3.00. The normalized spacial score (nSPS) is 12.1. The van der Waals surface area contributed by atoms with Crippen LogP contribution in [0.25, 0.3) is 10.2 Å². The van der Waals surface area contributed by atoms with E-state index in [1.54, 1.807) is 0 Å². The van der Waals surface area contributed by atoms with Crippen LogP contribution >= 0.6 is 11.3 Å².